The number of carbonyl (C=O) groups is 2. The minimum Gasteiger partial charge on any atom is -0.466 e. The molecule has 0 bridgehead atoms. The van der Waals surface area contributed by atoms with Gasteiger partial charge in [0.1, 0.15) is 0 Å². The molecule has 0 fully saturated rings. The number of aliphatic hydroxyl groups excluding tert-OH is 2. The zero-order valence-corrected chi connectivity index (χ0v) is 61.6. The van der Waals surface area contributed by atoms with Crippen molar-refractivity contribution in [3.63, 3.8) is 0 Å². The first-order valence-corrected chi connectivity index (χ1v) is 41.4. The first kappa shape index (κ1) is 88.8. The van der Waals surface area contributed by atoms with E-state index in [1.807, 2.05) is 6.08 Å². The van der Waals surface area contributed by atoms with Crippen molar-refractivity contribution < 1.29 is 24.5 Å². The maximum Gasteiger partial charge on any atom is 0.305 e. The van der Waals surface area contributed by atoms with Gasteiger partial charge in [0.15, 0.2) is 0 Å². The lowest BCUT2D eigenvalue weighted by atomic mass is 10.0. The van der Waals surface area contributed by atoms with Crippen molar-refractivity contribution >= 4 is 11.9 Å². The van der Waals surface area contributed by atoms with Gasteiger partial charge in [0.05, 0.1) is 25.4 Å². The number of hydrogen-bond donors (Lipinski definition) is 3. The maximum absolute atomic E-state index is 12.5. The van der Waals surface area contributed by atoms with Gasteiger partial charge in [0.2, 0.25) is 5.91 Å². The van der Waals surface area contributed by atoms with E-state index in [-0.39, 0.29) is 18.5 Å². The van der Waals surface area contributed by atoms with E-state index < -0.39 is 12.1 Å². The van der Waals surface area contributed by atoms with Gasteiger partial charge in [-0.05, 0) is 89.9 Å². The van der Waals surface area contributed by atoms with Gasteiger partial charge in [-0.1, -0.05) is 403 Å². The first-order chi connectivity index (χ1) is 45.0. The predicted molar refractivity (Wildman–Crippen MR) is 402 cm³/mol. The molecular formula is C85H161NO5. The lowest BCUT2D eigenvalue weighted by molar-refractivity contribution is -0.143. The Labute approximate surface area is 569 Å². The summed E-state index contributed by atoms with van der Waals surface area (Å²) in [5.41, 5.74) is 0. The van der Waals surface area contributed by atoms with Gasteiger partial charge in [-0.3, -0.25) is 9.59 Å². The number of allylic oxidation sites excluding steroid dienone is 7. The van der Waals surface area contributed by atoms with Crippen molar-refractivity contribution in [2.45, 2.75) is 469 Å². The maximum atomic E-state index is 12.5. The highest BCUT2D eigenvalue weighted by Gasteiger charge is 2.18. The molecule has 536 valence electrons. The summed E-state index contributed by atoms with van der Waals surface area (Å²) in [5, 5.41) is 23.3. The molecular weight excluding hydrogens is 1110 g/mol. The number of nitrogens with one attached hydrogen (secondary N) is 1. The fourth-order valence-electron chi connectivity index (χ4n) is 13.0. The van der Waals surface area contributed by atoms with Crippen LogP contribution < -0.4 is 5.32 Å². The second kappa shape index (κ2) is 80.3. The van der Waals surface area contributed by atoms with Crippen LogP contribution in [0.2, 0.25) is 0 Å². The van der Waals surface area contributed by atoms with E-state index in [1.54, 1.807) is 6.08 Å². The topological polar surface area (TPSA) is 95.9 Å². The van der Waals surface area contributed by atoms with E-state index in [2.05, 4.69) is 55.6 Å². The van der Waals surface area contributed by atoms with Gasteiger partial charge in [0, 0.05) is 12.8 Å². The Kier molecular flexibility index (Phi) is 78.3. The molecule has 0 aliphatic heterocycles. The smallest absolute Gasteiger partial charge is 0.305 e. The molecule has 0 saturated carbocycles. The second-order valence-corrected chi connectivity index (χ2v) is 28.4. The Bertz CT molecular complexity index is 1520. The van der Waals surface area contributed by atoms with E-state index >= 15 is 0 Å². The SMILES string of the molecule is CCCCCCCC/C=C\CCCCCCCC(=O)OCCCCCCCCCCCCCCCCC/C=C\C/C=C\CCCCCCCCCCCCCCCCCCCC(=O)NC(CO)C(O)/C=C/CCCCCCCCCCCCCCCCCCCC. The number of aliphatic hydroxyl groups is 2. The summed E-state index contributed by atoms with van der Waals surface area (Å²) in [6.45, 7) is 4.94. The summed E-state index contributed by atoms with van der Waals surface area (Å²) in [5.74, 6) is -0.0480. The molecule has 2 unspecified atom stereocenters. The van der Waals surface area contributed by atoms with E-state index in [4.69, 9.17) is 4.74 Å². The van der Waals surface area contributed by atoms with E-state index in [0.717, 1.165) is 51.4 Å². The van der Waals surface area contributed by atoms with Crippen LogP contribution in [0.1, 0.15) is 457 Å². The standard InChI is InChI=1S/C85H161NO5/c1-3-5-7-9-11-13-15-17-19-20-21-43-46-50-53-57-61-65-69-73-77-83(88)82(81-87)86-84(89)78-74-70-66-62-58-54-51-47-44-41-39-37-35-33-31-29-27-25-23-22-24-26-28-30-32-34-36-38-40-42-45-48-52-56-60-64-68-72-76-80-91-85(90)79-75-71-67-63-59-55-49-18-16-14-12-10-8-6-4-2/h18,22-23,26,28,49,73,77,82-83,87-88H,3-17,19-21,24-25,27,29-48,50-72,74-76,78-81H2,1-2H3,(H,86,89)/b23-22-,28-26-,49-18-,77-73+. The molecule has 0 heterocycles. The van der Waals surface area contributed by atoms with Gasteiger partial charge in [-0.15, -0.1) is 0 Å². The summed E-state index contributed by atoms with van der Waals surface area (Å²) < 4.78 is 5.50. The number of carbonyl (C=O) groups excluding carboxylic acids is 2. The molecule has 6 nitrogen and oxygen atoms in total. The predicted octanol–water partition coefficient (Wildman–Crippen LogP) is 27.5. The third-order valence-corrected chi connectivity index (χ3v) is 19.3. The molecule has 0 aromatic rings. The van der Waals surface area contributed by atoms with E-state index in [1.165, 1.54) is 379 Å². The van der Waals surface area contributed by atoms with E-state index in [9.17, 15) is 19.8 Å². The van der Waals surface area contributed by atoms with Gasteiger partial charge >= 0.3 is 5.97 Å². The fraction of sp³-hybridized carbons (Fsp3) is 0.882. The highest BCUT2D eigenvalue weighted by molar-refractivity contribution is 5.76. The normalized spacial score (nSPS) is 12.7. The molecule has 1 amide bonds. The van der Waals surface area contributed by atoms with Gasteiger partial charge < -0.3 is 20.3 Å². The Hall–Kier alpha value is -2.18. The number of ether oxygens (including phenoxy) is 1. The summed E-state index contributed by atoms with van der Waals surface area (Å²) in [7, 11) is 0. The molecule has 0 saturated heterocycles. The second-order valence-electron chi connectivity index (χ2n) is 28.4. The summed E-state index contributed by atoms with van der Waals surface area (Å²) in [6, 6.07) is -0.627. The van der Waals surface area contributed by atoms with Crippen LogP contribution in [0.15, 0.2) is 48.6 Å². The molecule has 2 atom stereocenters. The van der Waals surface area contributed by atoms with Crippen LogP contribution in [0.5, 0.6) is 0 Å². The monoisotopic (exact) mass is 1280 g/mol. The Morgan fingerprint density at radius 1 is 0.308 bits per heavy atom. The molecule has 0 rings (SSSR count). The van der Waals surface area contributed by atoms with Crippen molar-refractivity contribution in [2.24, 2.45) is 0 Å². The molecule has 0 spiro atoms. The van der Waals surface area contributed by atoms with Crippen LogP contribution >= 0.6 is 0 Å². The van der Waals surface area contributed by atoms with Crippen LogP contribution in [0.3, 0.4) is 0 Å². The molecule has 3 N–H and O–H groups in total. The quantitative estimate of drug-likeness (QED) is 0.0320. The third-order valence-electron chi connectivity index (χ3n) is 19.3. The number of esters is 1. The summed E-state index contributed by atoms with van der Waals surface area (Å²) in [6.07, 6.45) is 107. The van der Waals surface area contributed by atoms with Crippen LogP contribution in [-0.4, -0.2) is 47.4 Å². The molecule has 91 heavy (non-hydrogen) atoms. The van der Waals surface area contributed by atoms with Crippen LogP contribution in [0.25, 0.3) is 0 Å². The lowest BCUT2D eigenvalue weighted by Gasteiger charge is -2.20. The minimum absolute atomic E-state index is 0.0127. The average Bonchev–Trinajstić information content (AvgIpc) is 3.74. The van der Waals surface area contributed by atoms with Crippen LogP contribution in [0, 0.1) is 0 Å². The van der Waals surface area contributed by atoms with Gasteiger partial charge in [-0.25, -0.2) is 0 Å². The molecule has 0 aromatic heterocycles. The zero-order valence-electron chi connectivity index (χ0n) is 61.6. The summed E-state index contributed by atoms with van der Waals surface area (Å²) >= 11 is 0. The van der Waals surface area contributed by atoms with Crippen molar-refractivity contribution in [1.82, 2.24) is 5.32 Å². The lowest BCUT2D eigenvalue weighted by Crippen LogP contribution is -2.45. The van der Waals surface area contributed by atoms with Crippen molar-refractivity contribution in [3.05, 3.63) is 48.6 Å². The zero-order chi connectivity index (χ0) is 65.6. The molecule has 0 aromatic carbocycles. The number of rotatable bonds is 78. The average molecular weight is 1280 g/mol. The van der Waals surface area contributed by atoms with E-state index in [0.29, 0.717) is 19.4 Å². The molecule has 0 radical (unpaired) electrons. The highest BCUT2D eigenvalue weighted by atomic mass is 16.5. The van der Waals surface area contributed by atoms with Crippen molar-refractivity contribution in [1.29, 1.82) is 0 Å². The molecule has 0 aliphatic carbocycles. The Morgan fingerprint density at radius 3 is 0.846 bits per heavy atom. The van der Waals surface area contributed by atoms with Crippen molar-refractivity contribution in [3.8, 4) is 0 Å². The fourth-order valence-corrected chi connectivity index (χ4v) is 13.0. The van der Waals surface area contributed by atoms with Gasteiger partial charge in [0.25, 0.3) is 0 Å². The number of hydrogen-bond acceptors (Lipinski definition) is 5. The molecule has 6 heteroatoms. The number of amides is 1. The Morgan fingerprint density at radius 2 is 0.549 bits per heavy atom. The van der Waals surface area contributed by atoms with Gasteiger partial charge in [-0.2, -0.15) is 0 Å². The highest BCUT2D eigenvalue weighted by Crippen LogP contribution is 2.20. The first-order valence-electron chi connectivity index (χ1n) is 41.4. The van der Waals surface area contributed by atoms with Crippen LogP contribution in [0.4, 0.5) is 0 Å². The largest absolute Gasteiger partial charge is 0.466 e. The number of unbranched alkanes of at least 4 members (excludes halogenated alkanes) is 61. The molecule has 0 aliphatic rings. The Balaban J connectivity index is 3.37. The minimum atomic E-state index is -0.844. The third kappa shape index (κ3) is 76.7. The summed E-state index contributed by atoms with van der Waals surface area (Å²) in [4.78, 5) is 24.6. The van der Waals surface area contributed by atoms with Crippen molar-refractivity contribution in [2.75, 3.05) is 13.2 Å². The van der Waals surface area contributed by atoms with Crippen LogP contribution in [-0.2, 0) is 14.3 Å².